The molecule has 1 fully saturated rings. The highest BCUT2D eigenvalue weighted by Crippen LogP contribution is 2.27. The maximum atomic E-state index is 11.0. The highest BCUT2D eigenvalue weighted by Gasteiger charge is 2.48. The number of epoxide rings is 1. The average Bonchev–Trinajstić information content (AvgIpc) is 2.74. The fraction of sp³-hybridized carbons (Fsp3) is 0.429. The first-order chi connectivity index (χ1) is 5.74. The lowest BCUT2D eigenvalue weighted by Crippen LogP contribution is -2.34. The van der Waals surface area contributed by atoms with Gasteiger partial charge in [-0.1, -0.05) is 0 Å². The quantitative estimate of drug-likeness (QED) is 0.409. The van der Waals surface area contributed by atoms with E-state index >= 15 is 0 Å². The minimum atomic E-state index is -0.551. The first-order valence-corrected chi connectivity index (χ1v) is 3.55. The van der Waals surface area contributed by atoms with Crippen molar-refractivity contribution in [3.8, 4) is 0 Å². The van der Waals surface area contributed by atoms with Gasteiger partial charge in [-0.3, -0.25) is 9.59 Å². The number of aliphatic hydroxyl groups is 1. The molecule has 0 radical (unpaired) electrons. The summed E-state index contributed by atoms with van der Waals surface area (Å²) in [5, 5.41) is 8.61. The molecular weight excluding hydrogens is 162 g/mol. The molecule has 2 aliphatic rings. The number of aliphatic hydroxyl groups excluding tert-OH is 1. The van der Waals surface area contributed by atoms with E-state index in [-0.39, 0.29) is 18.4 Å². The molecule has 0 aromatic rings. The van der Waals surface area contributed by atoms with Crippen LogP contribution in [0.25, 0.3) is 0 Å². The predicted molar refractivity (Wildman–Crippen MR) is 36.7 cm³/mol. The fourth-order valence-corrected chi connectivity index (χ4v) is 1.16. The molecule has 2 unspecified atom stereocenters. The van der Waals surface area contributed by atoms with Crippen LogP contribution in [0.15, 0.2) is 12.2 Å². The van der Waals surface area contributed by atoms with Crippen LogP contribution in [0.4, 0.5) is 0 Å². The maximum Gasteiger partial charge on any atom is 0.255 e. The number of carbonyl (C=O) groups excluding carboxylic acids is 2. The Morgan fingerprint density at radius 1 is 1.42 bits per heavy atom. The first-order valence-electron chi connectivity index (χ1n) is 3.55. The van der Waals surface area contributed by atoms with Crippen molar-refractivity contribution in [1.82, 2.24) is 4.90 Å². The van der Waals surface area contributed by atoms with Gasteiger partial charge < -0.3 is 9.84 Å². The molecule has 2 amide bonds. The lowest BCUT2D eigenvalue weighted by molar-refractivity contribution is -0.139. The van der Waals surface area contributed by atoms with E-state index in [4.69, 9.17) is 9.84 Å². The Morgan fingerprint density at radius 2 is 2.00 bits per heavy atom. The van der Waals surface area contributed by atoms with Crippen LogP contribution in [-0.2, 0) is 14.3 Å². The van der Waals surface area contributed by atoms with E-state index in [2.05, 4.69) is 0 Å². The summed E-state index contributed by atoms with van der Waals surface area (Å²) < 4.78 is 4.89. The van der Waals surface area contributed by atoms with E-state index in [1.54, 1.807) is 0 Å². The zero-order valence-corrected chi connectivity index (χ0v) is 6.14. The van der Waals surface area contributed by atoms with Crippen LogP contribution in [0.5, 0.6) is 0 Å². The van der Waals surface area contributed by atoms with Gasteiger partial charge in [-0.15, -0.1) is 0 Å². The lowest BCUT2D eigenvalue weighted by atomic mass is 10.4. The Labute approximate surface area is 68.2 Å². The molecule has 0 aromatic heterocycles. The van der Waals surface area contributed by atoms with Crippen LogP contribution in [0, 0.1) is 0 Å². The van der Waals surface area contributed by atoms with Crippen LogP contribution >= 0.6 is 0 Å². The third-order valence-electron chi connectivity index (χ3n) is 1.83. The molecule has 1 saturated heterocycles. The van der Waals surface area contributed by atoms with Crippen molar-refractivity contribution in [3.63, 3.8) is 0 Å². The zero-order valence-electron chi connectivity index (χ0n) is 6.14. The molecule has 0 saturated carbocycles. The third-order valence-corrected chi connectivity index (χ3v) is 1.83. The van der Waals surface area contributed by atoms with Crippen molar-refractivity contribution in [3.05, 3.63) is 12.2 Å². The molecule has 5 heteroatoms. The van der Waals surface area contributed by atoms with Gasteiger partial charge in [0.1, 0.15) is 6.10 Å². The zero-order chi connectivity index (χ0) is 8.72. The van der Waals surface area contributed by atoms with Gasteiger partial charge in [0.05, 0.1) is 6.61 Å². The van der Waals surface area contributed by atoms with Crippen LogP contribution in [0.2, 0.25) is 0 Å². The Bertz CT molecular complexity index is 255. The molecule has 0 aliphatic carbocycles. The van der Waals surface area contributed by atoms with Crippen molar-refractivity contribution in [2.24, 2.45) is 0 Å². The van der Waals surface area contributed by atoms with E-state index in [9.17, 15) is 9.59 Å². The normalized spacial score (nSPS) is 33.2. The molecule has 64 valence electrons. The van der Waals surface area contributed by atoms with E-state index in [1.807, 2.05) is 0 Å². The number of imide groups is 1. The van der Waals surface area contributed by atoms with Crippen LogP contribution in [0.3, 0.4) is 0 Å². The SMILES string of the molecule is O=C1C=CC(=O)N1C1OC1CO. The second-order valence-corrected chi connectivity index (χ2v) is 2.63. The van der Waals surface area contributed by atoms with Crippen molar-refractivity contribution in [2.45, 2.75) is 12.3 Å². The van der Waals surface area contributed by atoms with Gasteiger partial charge in [0.15, 0.2) is 6.23 Å². The van der Waals surface area contributed by atoms with Gasteiger partial charge in [0, 0.05) is 12.2 Å². The summed E-state index contributed by atoms with van der Waals surface area (Å²) in [6.07, 6.45) is 1.44. The fourth-order valence-electron chi connectivity index (χ4n) is 1.16. The largest absolute Gasteiger partial charge is 0.393 e. The van der Waals surface area contributed by atoms with E-state index < -0.39 is 12.3 Å². The topological polar surface area (TPSA) is 70.1 Å². The molecule has 2 aliphatic heterocycles. The number of hydrogen-bond acceptors (Lipinski definition) is 4. The Balaban J connectivity index is 2.06. The van der Waals surface area contributed by atoms with Crippen LogP contribution in [-0.4, -0.2) is 40.8 Å². The molecule has 2 atom stereocenters. The third kappa shape index (κ3) is 0.945. The molecule has 0 spiro atoms. The summed E-state index contributed by atoms with van der Waals surface area (Å²) in [6.45, 7) is -0.165. The van der Waals surface area contributed by atoms with E-state index in [1.165, 1.54) is 12.2 Å². The van der Waals surface area contributed by atoms with Gasteiger partial charge in [0.25, 0.3) is 11.8 Å². The summed E-state index contributed by atoms with van der Waals surface area (Å²) in [7, 11) is 0. The van der Waals surface area contributed by atoms with Crippen LogP contribution < -0.4 is 0 Å². The number of amides is 2. The predicted octanol–water partition coefficient (Wildman–Crippen LogP) is -1.37. The van der Waals surface area contributed by atoms with Gasteiger partial charge in [-0.25, -0.2) is 4.90 Å². The Hall–Kier alpha value is -1.20. The molecule has 1 N–H and O–H groups in total. The molecule has 5 nitrogen and oxygen atoms in total. The van der Waals surface area contributed by atoms with Crippen molar-refractivity contribution >= 4 is 11.8 Å². The van der Waals surface area contributed by atoms with Crippen molar-refractivity contribution in [2.75, 3.05) is 6.61 Å². The smallest absolute Gasteiger partial charge is 0.255 e. The summed E-state index contributed by atoms with van der Waals surface area (Å²) in [5.41, 5.74) is 0. The van der Waals surface area contributed by atoms with Crippen molar-refractivity contribution < 1.29 is 19.4 Å². The first kappa shape index (κ1) is 7.45. The summed E-state index contributed by atoms with van der Waals surface area (Å²) >= 11 is 0. The number of nitrogens with zero attached hydrogens (tertiary/aromatic N) is 1. The minimum Gasteiger partial charge on any atom is -0.393 e. The van der Waals surface area contributed by atoms with E-state index in [0.29, 0.717) is 0 Å². The summed E-state index contributed by atoms with van der Waals surface area (Å²) in [5.74, 6) is -0.748. The van der Waals surface area contributed by atoms with Gasteiger partial charge in [-0.2, -0.15) is 0 Å². The monoisotopic (exact) mass is 169 g/mol. The molecular formula is C7H7NO4. The van der Waals surface area contributed by atoms with Crippen molar-refractivity contribution in [1.29, 1.82) is 0 Å². The molecule has 2 heterocycles. The molecule has 2 rings (SSSR count). The average molecular weight is 169 g/mol. The second-order valence-electron chi connectivity index (χ2n) is 2.63. The van der Waals surface area contributed by atoms with Crippen LogP contribution in [0.1, 0.15) is 0 Å². The highest BCUT2D eigenvalue weighted by molar-refractivity contribution is 6.13. The number of carbonyl (C=O) groups is 2. The second kappa shape index (κ2) is 2.40. The molecule has 0 bridgehead atoms. The summed E-state index contributed by atoms with van der Waals surface area (Å²) in [4.78, 5) is 23.0. The Morgan fingerprint density at radius 3 is 2.42 bits per heavy atom. The van der Waals surface area contributed by atoms with Gasteiger partial charge in [0.2, 0.25) is 0 Å². The highest BCUT2D eigenvalue weighted by atomic mass is 16.6. The number of hydrogen-bond donors (Lipinski definition) is 1. The van der Waals surface area contributed by atoms with Gasteiger partial charge >= 0.3 is 0 Å². The minimum absolute atomic E-state index is 0.165. The summed E-state index contributed by atoms with van der Waals surface area (Å²) in [6, 6.07) is 0. The van der Waals surface area contributed by atoms with E-state index in [0.717, 1.165) is 4.90 Å². The number of ether oxygens (including phenoxy) is 1. The van der Waals surface area contributed by atoms with Gasteiger partial charge in [-0.05, 0) is 0 Å². The maximum absolute atomic E-state index is 11.0. The Kier molecular flexibility index (Phi) is 1.49. The number of rotatable bonds is 2. The molecule has 0 aromatic carbocycles. The molecule has 12 heavy (non-hydrogen) atoms. The lowest BCUT2D eigenvalue weighted by Gasteiger charge is -2.08. The standard InChI is InChI=1S/C7H7NO4/c9-3-4-7(12-4)8-5(10)1-2-6(8)11/h1-2,4,7,9H,3H2.